The molecule has 0 spiro atoms. The molecule has 1 aromatic carbocycles. The van der Waals surface area contributed by atoms with Crippen LogP contribution in [0.2, 0.25) is 0 Å². The number of aromatic nitrogens is 1. The van der Waals surface area contributed by atoms with Crippen molar-refractivity contribution in [1.29, 1.82) is 5.26 Å². The number of ether oxygens (including phenoxy) is 1. The molecule has 0 aliphatic carbocycles. The molecule has 1 N–H and O–H groups in total. The molecule has 1 saturated heterocycles. The van der Waals surface area contributed by atoms with E-state index in [0.29, 0.717) is 24.5 Å². The van der Waals surface area contributed by atoms with Crippen LogP contribution in [0.1, 0.15) is 11.1 Å². The highest BCUT2D eigenvalue weighted by atomic mass is 16.5. The Hall–Kier alpha value is -3.07. The summed E-state index contributed by atoms with van der Waals surface area (Å²) < 4.78 is 5.65. The Morgan fingerprint density at radius 1 is 1.30 bits per heavy atom. The lowest BCUT2D eigenvalue weighted by Crippen LogP contribution is -2.57. The molecule has 0 bridgehead atoms. The Labute approximate surface area is 134 Å². The third kappa shape index (κ3) is 3.58. The lowest BCUT2D eigenvalue weighted by Gasteiger charge is -2.38. The maximum Gasteiger partial charge on any atom is 0.322 e. The molecule has 1 aliphatic heterocycles. The van der Waals surface area contributed by atoms with E-state index in [-0.39, 0.29) is 12.1 Å². The zero-order valence-corrected chi connectivity index (χ0v) is 12.7. The number of nitrogens with zero attached hydrogens (tertiary/aromatic N) is 3. The van der Waals surface area contributed by atoms with E-state index in [0.717, 1.165) is 11.3 Å². The van der Waals surface area contributed by atoms with Crippen LogP contribution in [0.4, 0.5) is 10.5 Å². The number of pyridine rings is 1. The summed E-state index contributed by atoms with van der Waals surface area (Å²) in [5.41, 5.74) is 2.42. The highest BCUT2D eigenvalue weighted by molar-refractivity contribution is 5.89. The average molecular weight is 308 g/mol. The number of nitrogens with one attached hydrogen (secondary N) is 1. The smallest absolute Gasteiger partial charge is 0.322 e. The fraction of sp³-hybridized carbons (Fsp3) is 0.235. The van der Waals surface area contributed by atoms with Gasteiger partial charge < -0.3 is 15.0 Å². The van der Waals surface area contributed by atoms with E-state index >= 15 is 0 Å². The van der Waals surface area contributed by atoms with Crippen molar-refractivity contribution in [3.8, 4) is 11.9 Å². The third-order valence-electron chi connectivity index (χ3n) is 3.59. The van der Waals surface area contributed by atoms with Crippen LogP contribution in [0.3, 0.4) is 0 Å². The minimum atomic E-state index is -0.138. The number of nitriles is 1. The lowest BCUT2D eigenvalue weighted by atomic mass is 10.2. The Morgan fingerprint density at radius 3 is 2.65 bits per heavy atom. The number of benzene rings is 1. The molecule has 1 aliphatic rings. The van der Waals surface area contributed by atoms with Gasteiger partial charge in [0, 0.05) is 18.0 Å². The normalized spacial score (nSPS) is 13.8. The third-order valence-corrected chi connectivity index (χ3v) is 3.59. The Morgan fingerprint density at radius 2 is 2.04 bits per heavy atom. The Balaban J connectivity index is 1.47. The molecular formula is C17H16N4O2. The first kappa shape index (κ1) is 14.9. The number of aryl methyl sites for hydroxylation is 1. The van der Waals surface area contributed by atoms with Gasteiger partial charge in [0.05, 0.1) is 18.7 Å². The zero-order chi connectivity index (χ0) is 16.2. The van der Waals surface area contributed by atoms with Crippen LogP contribution in [0, 0.1) is 18.3 Å². The summed E-state index contributed by atoms with van der Waals surface area (Å²) in [6.07, 6.45) is 1.40. The van der Waals surface area contributed by atoms with Gasteiger partial charge in [0.1, 0.15) is 12.2 Å². The molecule has 2 aromatic rings. The van der Waals surface area contributed by atoms with E-state index in [2.05, 4.69) is 10.3 Å². The molecular weight excluding hydrogens is 292 g/mol. The molecule has 0 radical (unpaired) electrons. The predicted octanol–water partition coefficient (Wildman–Crippen LogP) is 2.56. The second-order valence-electron chi connectivity index (χ2n) is 5.44. The number of carbonyl (C=O) groups excluding carboxylic acids is 1. The van der Waals surface area contributed by atoms with Crippen LogP contribution in [0.25, 0.3) is 0 Å². The summed E-state index contributed by atoms with van der Waals surface area (Å²) >= 11 is 0. The topological polar surface area (TPSA) is 78.3 Å². The first-order valence-corrected chi connectivity index (χ1v) is 7.29. The molecule has 2 amide bonds. The zero-order valence-electron chi connectivity index (χ0n) is 12.7. The van der Waals surface area contributed by atoms with E-state index in [1.807, 2.05) is 37.3 Å². The van der Waals surface area contributed by atoms with E-state index in [9.17, 15) is 4.79 Å². The van der Waals surface area contributed by atoms with Crippen LogP contribution >= 0.6 is 0 Å². The van der Waals surface area contributed by atoms with E-state index in [1.165, 1.54) is 6.20 Å². The monoisotopic (exact) mass is 308 g/mol. The highest BCUT2D eigenvalue weighted by Crippen LogP contribution is 2.18. The maximum atomic E-state index is 12.1. The van der Waals surface area contributed by atoms with E-state index in [1.54, 1.807) is 17.0 Å². The fourth-order valence-corrected chi connectivity index (χ4v) is 2.20. The van der Waals surface area contributed by atoms with Gasteiger partial charge in [-0.25, -0.2) is 9.78 Å². The van der Waals surface area contributed by atoms with Gasteiger partial charge in [0.2, 0.25) is 5.88 Å². The fourth-order valence-electron chi connectivity index (χ4n) is 2.20. The summed E-state index contributed by atoms with van der Waals surface area (Å²) in [5, 5.41) is 11.6. The summed E-state index contributed by atoms with van der Waals surface area (Å²) in [6.45, 7) is 3.03. The highest BCUT2D eigenvalue weighted by Gasteiger charge is 2.32. The molecule has 0 saturated carbocycles. The number of rotatable bonds is 3. The van der Waals surface area contributed by atoms with Gasteiger partial charge in [0.15, 0.2) is 0 Å². The van der Waals surface area contributed by atoms with Crippen molar-refractivity contribution in [3.05, 3.63) is 53.7 Å². The van der Waals surface area contributed by atoms with E-state index < -0.39 is 0 Å². The number of urea groups is 1. The SMILES string of the molecule is Cc1ccc(NC(=O)N2CC(Oc3ccc(C#N)cn3)C2)cc1. The molecule has 6 nitrogen and oxygen atoms in total. The van der Waals surface area contributed by atoms with Gasteiger partial charge in [-0.05, 0) is 25.1 Å². The van der Waals surface area contributed by atoms with Crippen molar-refractivity contribution >= 4 is 11.7 Å². The lowest BCUT2D eigenvalue weighted by molar-refractivity contribution is 0.0461. The summed E-state index contributed by atoms with van der Waals surface area (Å²) in [4.78, 5) is 17.8. The Kier molecular flexibility index (Phi) is 4.11. The van der Waals surface area contributed by atoms with Gasteiger partial charge in [-0.15, -0.1) is 0 Å². The first-order valence-electron chi connectivity index (χ1n) is 7.29. The van der Waals surface area contributed by atoms with Crippen LogP contribution in [0.5, 0.6) is 5.88 Å². The van der Waals surface area contributed by atoms with Crippen LogP contribution in [-0.4, -0.2) is 35.1 Å². The Bertz CT molecular complexity index is 729. The van der Waals surface area contributed by atoms with Crippen LogP contribution in [0.15, 0.2) is 42.6 Å². The molecule has 1 fully saturated rings. The quantitative estimate of drug-likeness (QED) is 0.945. The summed E-state index contributed by atoms with van der Waals surface area (Å²) in [6, 6.07) is 12.8. The second-order valence-corrected chi connectivity index (χ2v) is 5.44. The molecule has 2 heterocycles. The number of amides is 2. The molecule has 1 aromatic heterocycles. The van der Waals surface area contributed by atoms with Crippen molar-refractivity contribution < 1.29 is 9.53 Å². The summed E-state index contributed by atoms with van der Waals surface area (Å²) in [5.74, 6) is 0.465. The van der Waals surface area contributed by atoms with Gasteiger partial charge in [-0.2, -0.15) is 5.26 Å². The van der Waals surface area contributed by atoms with Gasteiger partial charge in [0.25, 0.3) is 0 Å². The average Bonchev–Trinajstić information content (AvgIpc) is 2.53. The predicted molar refractivity (Wildman–Crippen MR) is 85.1 cm³/mol. The van der Waals surface area contributed by atoms with Crippen LogP contribution < -0.4 is 10.1 Å². The maximum absolute atomic E-state index is 12.1. The van der Waals surface area contributed by atoms with Crippen molar-refractivity contribution in [2.45, 2.75) is 13.0 Å². The molecule has 0 atom stereocenters. The molecule has 116 valence electrons. The number of hydrogen-bond donors (Lipinski definition) is 1. The van der Waals surface area contributed by atoms with Gasteiger partial charge >= 0.3 is 6.03 Å². The van der Waals surface area contributed by atoms with Crippen molar-refractivity contribution in [2.75, 3.05) is 18.4 Å². The number of carbonyl (C=O) groups is 1. The largest absolute Gasteiger partial charge is 0.471 e. The van der Waals surface area contributed by atoms with Gasteiger partial charge in [-0.1, -0.05) is 17.7 Å². The summed E-state index contributed by atoms with van der Waals surface area (Å²) in [7, 11) is 0. The standard InChI is InChI=1S/C17H16N4O2/c1-12-2-5-14(6-3-12)20-17(22)21-10-15(11-21)23-16-7-4-13(8-18)9-19-16/h2-7,9,15H,10-11H2,1H3,(H,20,22). The molecule has 6 heteroatoms. The second kappa shape index (κ2) is 6.36. The first-order chi connectivity index (χ1) is 11.1. The minimum Gasteiger partial charge on any atom is -0.471 e. The van der Waals surface area contributed by atoms with Gasteiger partial charge in [-0.3, -0.25) is 0 Å². The number of anilines is 1. The number of hydrogen-bond acceptors (Lipinski definition) is 4. The molecule has 0 unspecified atom stereocenters. The van der Waals surface area contributed by atoms with Crippen molar-refractivity contribution in [2.24, 2.45) is 0 Å². The van der Waals surface area contributed by atoms with Crippen LogP contribution in [-0.2, 0) is 0 Å². The molecule has 3 rings (SSSR count). The van der Waals surface area contributed by atoms with Crippen molar-refractivity contribution in [3.63, 3.8) is 0 Å². The molecule has 23 heavy (non-hydrogen) atoms. The van der Waals surface area contributed by atoms with E-state index in [4.69, 9.17) is 10.00 Å². The van der Waals surface area contributed by atoms with Crippen molar-refractivity contribution in [1.82, 2.24) is 9.88 Å². The number of likely N-dealkylation sites (tertiary alicyclic amines) is 1. The minimum absolute atomic E-state index is 0.0702.